The van der Waals surface area contributed by atoms with Gasteiger partial charge in [-0.1, -0.05) is 18.2 Å². The lowest BCUT2D eigenvalue weighted by Crippen LogP contribution is -2.44. The molecule has 0 bridgehead atoms. The molecule has 1 aromatic carbocycles. The van der Waals surface area contributed by atoms with Gasteiger partial charge in [-0.3, -0.25) is 0 Å². The number of methoxy groups -OCH3 is 1. The Bertz CT molecular complexity index is 686. The summed E-state index contributed by atoms with van der Waals surface area (Å²) in [5.74, 6) is 0.851. The Kier molecular flexibility index (Phi) is 6.20. The zero-order chi connectivity index (χ0) is 17.7. The Morgan fingerprint density at radius 2 is 2.08 bits per heavy atom. The number of aryl methyl sites for hydroxylation is 1. The quantitative estimate of drug-likeness (QED) is 0.865. The molecule has 1 aromatic heterocycles. The predicted molar refractivity (Wildman–Crippen MR) is 97.7 cm³/mol. The summed E-state index contributed by atoms with van der Waals surface area (Å²) >= 11 is 1.59. The number of ether oxygens (including phenoxy) is 1. The van der Waals surface area contributed by atoms with E-state index >= 15 is 0 Å². The van der Waals surface area contributed by atoms with Crippen LogP contribution in [0, 0.1) is 6.92 Å². The molecule has 0 aliphatic heterocycles. The van der Waals surface area contributed by atoms with E-state index in [2.05, 4.69) is 10.3 Å². The molecule has 0 unspecified atom stereocenters. The minimum Gasteiger partial charge on any atom is -0.496 e. The summed E-state index contributed by atoms with van der Waals surface area (Å²) in [5, 5.41) is 5.99. The van der Waals surface area contributed by atoms with Crippen LogP contribution in [0.2, 0.25) is 0 Å². The third-order valence-electron chi connectivity index (χ3n) is 4.11. The molecule has 24 heavy (non-hydrogen) atoms. The molecule has 2 amide bonds. The van der Waals surface area contributed by atoms with Gasteiger partial charge < -0.3 is 15.0 Å². The van der Waals surface area contributed by atoms with Crippen LogP contribution in [0.3, 0.4) is 0 Å². The van der Waals surface area contributed by atoms with Crippen molar-refractivity contribution in [1.82, 2.24) is 15.2 Å². The molecular formula is C18H25N3O2S. The lowest BCUT2D eigenvalue weighted by Gasteiger charge is -2.27. The Labute approximate surface area is 147 Å². The fraction of sp³-hybridized carbons (Fsp3) is 0.444. The molecule has 0 radical (unpaired) electrons. The molecular weight excluding hydrogens is 322 g/mol. The van der Waals surface area contributed by atoms with Gasteiger partial charge in [0.1, 0.15) is 5.75 Å². The fourth-order valence-electron chi connectivity index (χ4n) is 2.47. The molecule has 2 atom stereocenters. The molecule has 1 heterocycles. The third kappa shape index (κ3) is 4.47. The van der Waals surface area contributed by atoms with Crippen molar-refractivity contribution in [1.29, 1.82) is 0 Å². The van der Waals surface area contributed by atoms with Gasteiger partial charge in [0.05, 0.1) is 23.9 Å². The van der Waals surface area contributed by atoms with E-state index in [0.29, 0.717) is 0 Å². The van der Waals surface area contributed by atoms with E-state index in [1.807, 2.05) is 57.5 Å². The summed E-state index contributed by atoms with van der Waals surface area (Å²) in [4.78, 5) is 18.6. The Hall–Kier alpha value is -2.08. The van der Waals surface area contributed by atoms with Gasteiger partial charge in [0, 0.05) is 18.5 Å². The van der Waals surface area contributed by atoms with E-state index < -0.39 is 0 Å². The number of carbonyl (C=O) groups excluding carboxylic acids is 1. The molecule has 0 spiro atoms. The van der Waals surface area contributed by atoms with Crippen molar-refractivity contribution >= 4 is 17.4 Å². The van der Waals surface area contributed by atoms with Crippen LogP contribution >= 0.6 is 11.3 Å². The fourth-order valence-corrected chi connectivity index (χ4v) is 3.17. The van der Waals surface area contributed by atoms with Crippen molar-refractivity contribution < 1.29 is 9.53 Å². The number of para-hydroxylation sites is 1. The SMILES string of the molecule is COc1ccccc1C[C@@H](C)N(C)C(=O)N[C@@H](C)c1csc(C)n1. The lowest BCUT2D eigenvalue weighted by atomic mass is 10.1. The highest BCUT2D eigenvalue weighted by Gasteiger charge is 2.20. The van der Waals surface area contributed by atoms with E-state index in [1.165, 1.54) is 0 Å². The van der Waals surface area contributed by atoms with E-state index in [-0.39, 0.29) is 18.1 Å². The molecule has 0 saturated carbocycles. The van der Waals surface area contributed by atoms with Crippen LogP contribution in [0.15, 0.2) is 29.6 Å². The zero-order valence-corrected chi connectivity index (χ0v) is 15.7. The highest BCUT2D eigenvalue weighted by atomic mass is 32.1. The normalized spacial score (nSPS) is 13.2. The molecule has 6 heteroatoms. The van der Waals surface area contributed by atoms with Gasteiger partial charge in [-0.05, 0) is 38.8 Å². The highest BCUT2D eigenvalue weighted by molar-refractivity contribution is 7.09. The van der Waals surface area contributed by atoms with E-state index in [9.17, 15) is 4.79 Å². The molecule has 5 nitrogen and oxygen atoms in total. The number of aromatic nitrogens is 1. The van der Waals surface area contributed by atoms with Crippen molar-refractivity contribution in [2.24, 2.45) is 0 Å². The monoisotopic (exact) mass is 347 g/mol. The average molecular weight is 347 g/mol. The number of amides is 2. The number of hydrogen-bond acceptors (Lipinski definition) is 4. The summed E-state index contributed by atoms with van der Waals surface area (Å²) in [5.41, 5.74) is 1.99. The maximum Gasteiger partial charge on any atom is 0.317 e. The first-order valence-corrected chi connectivity index (χ1v) is 8.87. The maximum atomic E-state index is 12.5. The maximum absolute atomic E-state index is 12.5. The number of urea groups is 1. The number of nitrogens with zero attached hydrogens (tertiary/aromatic N) is 2. The minimum atomic E-state index is -0.108. The topological polar surface area (TPSA) is 54.5 Å². The number of rotatable bonds is 6. The number of nitrogens with one attached hydrogen (secondary N) is 1. The number of likely N-dealkylation sites (N-methyl/N-ethyl adjacent to an activating group) is 1. The molecule has 0 aliphatic carbocycles. The standard InChI is InChI=1S/C18H25N3O2S/c1-12(10-15-8-6-7-9-17(15)23-5)21(4)18(22)19-13(2)16-11-24-14(3)20-16/h6-9,11-13H,10H2,1-5H3,(H,19,22)/t12-,13+/m1/s1. The number of benzene rings is 1. The zero-order valence-electron chi connectivity index (χ0n) is 14.9. The van der Waals surface area contributed by atoms with Crippen LogP contribution in [0.4, 0.5) is 4.79 Å². The van der Waals surface area contributed by atoms with E-state index in [4.69, 9.17) is 4.74 Å². The van der Waals surface area contributed by atoms with Gasteiger partial charge >= 0.3 is 6.03 Å². The van der Waals surface area contributed by atoms with Crippen LogP contribution in [0.25, 0.3) is 0 Å². The largest absolute Gasteiger partial charge is 0.496 e. The smallest absolute Gasteiger partial charge is 0.317 e. The summed E-state index contributed by atoms with van der Waals surface area (Å²) < 4.78 is 5.38. The molecule has 2 aromatic rings. The van der Waals surface area contributed by atoms with Crippen LogP contribution in [0.5, 0.6) is 5.75 Å². The van der Waals surface area contributed by atoms with Gasteiger partial charge in [-0.2, -0.15) is 0 Å². The van der Waals surface area contributed by atoms with Gasteiger partial charge in [0.25, 0.3) is 0 Å². The van der Waals surface area contributed by atoms with Crippen LogP contribution in [-0.4, -0.2) is 36.1 Å². The van der Waals surface area contributed by atoms with Crippen molar-refractivity contribution in [3.8, 4) is 5.75 Å². The number of thiazole rings is 1. The first kappa shape index (κ1) is 18.3. The van der Waals surface area contributed by atoms with Gasteiger partial charge in [-0.15, -0.1) is 11.3 Å². The summed E-state index contributed by atoms with van der Waals surface area (Å²) in [6.45, 7) is 5.94. The van der Waals surface area contributed by atoms with Crippen molar-refractivity contribution in [3.05, 3.63) is 45.9 Å². The molecule has 1 N–H and O–H groups in total. The Balaban J connectivity index is 1.96. The molecule has 0 aliphatic rings. The number of carbonyl (C=O) groups is 1. The van der Waals surface area contributed by atoms with Gasteiger partial charge in [-0.25, -0.2) is 9.78 Å². The number of hydrogen-bond donors (Lipinski definition) is 1. The lowest BCUT2D eigenvalue weighted by molar-refractivity contribution is 0.190. The average Bonchev–Trinajstić information content (AvgIpc) is 3.01. The van der Waals surface area contributed by atoms with Crippen LogP contribution in [-0.2, 0) is 6.42 Å². The predicted octanol–water partition coefficient (Wildman–Crippen LogP) is 3.79. The second-order valence-corrected chi connectivity index (χ2v) is 7.00. The summed E-state index contributed by atoms with van der Waals surface area (Å²) in [6.07, 6.45) is 0.734. The third-order valence-corrected chi connectivity index (χ3v) is 4.90. The second-order valence-electron chi connectivity index (χ2n) is 5.94. The van der Waals surface area contributed by atoms with E-state index in [1.54, 1.807) is 23.3 Å². The molecule has 0 saturated heterocycles. The molecule has 130 valence electrons. The highest BCUT2D eigenvalue weighted by Crippen LogP contribution is 2.21. The van der Waals surface area contributed by atoms with Gasteiger partial charge in [0.2, 0.25) is 0 Å². The van der Waals surface area contributed by atoms with Crippen molar-refractivity contribution in [2.45, 2.75) is 39.3 Å². The van der Waals surface area contributed by atoms with Crippen molar-refractivity contribution in [2.75, 3.05) is 14.2 Å². The van der Waals surface area contributed by atoms with Crippen LogP contribution in [0.1, 0.15) is 36.2 Å². The van der Waals surface area contributed by atoms with E-state index in [0.717, 1.165) is 28.4 Å². The minimum absolute atomic E-state index is 0.0469. The van der Waals surface area contributed by atoms with Gasteiger partial charge in [0.15, 0.2) is 0 Å². The Morgan fingerprint density at radius 1 is 1.38 bits per heavy atom. The summed E-state index contributed by atoms with van der Waals surface area (Å²) in [7, 11) is 3.48. The van der Waals surface area contributed by atoms with Crippen molar-refractivity contribution in [3.63, 3.8) is 0 Å². The molecule has 0 fully saturated rings. The Morgan fingerprint density at radius 3 is 2.71 bits per heavy atom. The van der Waals surface area contributed by atoms with Crippen LogP contribution < -0.4 is 10.1 Å². The first-order chi connectivity index (χ1) is 11.4. The second kappa shape index (κ2) is 8.15. The molecule has 2 rings (SSSR count). The summed E-state index contributed by atoms with van der Waals surface area (Å²) in [6, 6.07) is 7.74. The first-order valence-electron chi connectivity index (χ1n) is 7.99.